The highest BCUT2D eigenvalue weighted by Crippen LogP contribution is 2.18. The zero-order valence-electron chi connectivity index (χ0n) is 10.9. The summed E-state index contributed by atoms with van der Waals surface area (Å²) in [7, 11) is 0. The minimum atomic E-state index is -0.400. The van der Waals surface area contributed by atoms with E-state index < -0.39 is 6.04 Å². The number of halogens is 1. The molecule has 0 aromatic carbocycles. The molecular formula is C12H26ClN3O. The maximum absolute atomic E-state index is 11.3. The molecule has 0 radical (unpaired) electrons. The molecular weight excluding hydrogens is 238 g/mol. The first-order chi connectivity index (χ1) is 7.65. The van der Waals surface area contributed by atoms with Gasteiger partial charge in [0.15, 0.2) is 0 Å². The van der Waals surface area contributed by atoms with Gasteiger partial charge in [-0.05, 0) is 32.7 Å². The Labute approximate surface area is 111 Å². The molecule has 2 unspecified atom stereocenters. The molecule has 1 fully saturated rings. The summed E-state index contributed by atoms with van der Waals surface area (Å²) >= 11 is 0. The minimum Gasteiger partial charge on any atom is -0.353 e. The Bertz CT molecular complexity index is 224. The highest BCUT2D eigenvalue weighted by molar-refractivity contribution is 5.85. The average Bonchev–Trinajstić information content (AvgIpc) is 2.29. The number of carbonyl (C=O) groups is 1. The molecule has 1 rings (SSSR count). The van der Waals surface area contributed by atoms with Gasteiger partial charge in [0.2, 0.25) is 5.91 Å². The van der Waals surface area contributed by atoms with Crippen LogP contribution in [0.1, 0.15) is 39.5 Å². The van der Waals surface area contributed by atoms with Crippen molar-refractivity contribution in [2.75, 3.05) is 19.6 Å². The van der Waals surface area contributed by atoms with Gasteiger partial charge >= 0.3 is 0 Å². The number of piperidine rings is 1. The topological polar surface area (TPSA) is 58.4 Å². The molecule has 0 aliphatic carbocycles. The maximum atomic E-state index is 11.3. The molecule has 0 aromatic heterocycles. The average molecular weight is 264 g/mol. The Kier molecular flexibility index (Phi) is 8.56. The van der Waals surface area contributed by atoms with Crippen molar-refractivity contribution in [2.45, 2.75) is 51.6 Å². The Morgan fingerprint density at radius 1 is 1.53 bits per heavy atom. The number of hydrogen-bond acceptors (Lipinski definition) is 3. The first kappa shape index (κ1) is 16.7. The lowest BCUT2D eigenvalue weighted by molar-refractivity contribution is -0.122. The second-order valence-electron chi connectivity index (χ2n) is 4.67. The summed E-state index contributed by atoms with van der Waals surface area (Å²) in [4.78, 5) is 13.8. The van der Waals surface area contributed by atoms with Crippen LogP contribution in [0.2, 0.25) is 0 Å². The van der Waals surface area contributed by atoms with Crippen molar-refractivity contribution in [2.24, 2.45) is 5.73 Å². The number of likely N-dealkylation sites (tertiary alicyclic amines) is 1. The molecule has 3 N–H and O–H groups in total. The number of nitrogens with zero attached hydrogens (tertiary/aromatic N) is 1. The summed E-state index contributed by atoms with van der Waals surface area (Å²) < 4.78 is 0. The fraction of sp³-hybridized carbons (Fsp3) is 0.917. The van der Waals surface area contributed by atoms with E-state index in [9.17, 15) is 4.79 Å². The lowest BCUT2D eigenvalue weighted by Crippen LogP contribution is -2.46. The van der Waals surface area contributed by atoms with Gasteiger partial charge in [0, 0.05) is 19.1 Å². The minimum absolute atomic E-state index is 0. The zero-order chi connectivity index (χ0) is 12.0. The van der Waals surface area contributed by atoms with E-state index in [4.69, 9.17) is 5.73 Å². The van der Waals surface area contributed by atoms with Gasteiger partial charge in [-0.2, -0.15) is 0 Å². The lowest BCUT2D eigenvalue weighted by atomic mass is 10.0. The fourth-order valence-corrected chi connectivity index (χ4v) is 2.30. The smallest absolute Gasteiger partial charge is 0.236 e. The van der Waals surface area contributed by atoms with Crippen LogP contribution in [-0.2, 0) is 4.79 Å². The van der Waals surface area contributed by atoms with E-state index in [0.717, 1.165) is 13.1 Å². The maximum Gasteiger partial charge on any atom is 0.236 e. The molecule has 17 heavy (non-hydrogen) atoms. The number of rotatable bonds is 5. The Hall–Kier alpha value is -0.320. The number of nitrogens with one attached hydrogen (secondary N) is 1. The van der Waals surface area contributed by atoms with E-state index in [2.05, 4.69) is 17.1 Å². The van der Waals surface area contributed by atoms with Crippen LogP contribution >= 0.6 is 12.4 Å². The van der Waals surface area contributed by atoms with Crippen LogP contribution in [-0.4, -0.2) is 42.5 Å². The quantitative estimate of drug-likeness (QED) is 0.782. The summed E-state index contributed by atoms with van der Waals surface area (Å²) in [6.07, 6.45) is 5.15. The van der Waals surface area contributed by atoms with Crippen molar-refractivity contribution < 1.29 is 4.79 Å². The van der Waals surface area contributed by atoms with Gasteiger partial charge in [-0.3, -0.25) is 9.69 Å². The molecule has 0 saturated carbocycles. The van der Waals surface area contributed by atoms with E-state index in [0.29, 0.717) is 6.04 Å². The van der Waals surface area contributed by atoms with Crippen LogP contribution in [0.3, 0.4) is 0 Å². The van der Waals surface area contributed by atoms with Crippen molar-refractivity contribution in [1.82, 2.24) is 10.2 Å². The van der Waals surface area contributed by atoms with Crippen LogP contribution in [0.4, 0.5) is 0 Å². The Morgan fingerprint density at radius 2 is 2.24 bits per heavy atom. The van der Waals surface area contributed by atoms with Crippen LogP contribution in [0.25, 0.3) is 0 Å². The van der Waals surface area contributed by atoms with Crippen molar-refractivity contribution in [3.63, 3.8) is 0 Å². The lowest BCUT2D eigenvalue weighted by Gasteiger charge is -2.35. The Morgan fingerprint density at radius 3 is 2.82 bits per heavy atom. The van der Waals surface area contributed by atoms with Crippen molar-refractivity contribution in [3.05, 3.63) is 0 Å². The zero-order valence-corrected chi connectivity index (χ0v) is 11.8. The predicted molar refractivity (Wildman–Crippen MR) is 73.4 cm³/mol. The molecule has 0 spiro atoms. The molecule has 1 saturated heterocycles. The van der Waals surface area contributed by atoms with Crippen molar-refractivity contribution >= 4 is 18.3 Å². The third-order valence-electron chi connectivity index (χ3n) is 3.33. The highest BCUT2D eigenvalue weighted by atomic mass is 35.5. The largest absolute Gasteiger partial charge is 0.353 e. The molecule has 2 atom stereocenters. The highest BCUT2D eigenvalue weighted by Gasteiger charge is 2.20. The summed E-state index contributed by atoms with van der Waals surface area (Å²) in [5.74, 6) is -0.0509. The number of amides is 1. The molecule has 5 heteroatoms. The van der Waals surface area contributed by atoms with Gasteiger partial charge in [-0.15, -0.1) is 12.4 Å². The normalized spacial score (nSPS) is 22.6. The Balaban J connectivity index is 0.00000256. The van der Waals surface area contributed by atoms with Crippen LogP contribution in [0.5, 0.6) is 0 Å². The van der Waals surface area contributed by atoms with Crippen LogP contribution in [0.15, 0.2) is 0 Å². The molecule has 0 aromatic rings. The van der Waals surface area contributed by atoms with Gasteiger partial charge in [0.1, 0.15) is 0 Å². The molecule has 4 nitrogen and oxygen atoms in total. The van der Waals surface area contributed by atoms with Gasteiger partial charge < -0.3 is 11.1 Å². The number of hydrogen-bond donors (Lipinski definition) is 2. The summed E-state index contributed by atoms with van der Waals surface area (Å²) in [5, 5.41) is 2.87. The van der Waals surface area contributed by atoms with E-state index in [1.807, 2.05) is 0 Å². The third-order valence-corrected chi connectivity index (χ3v) is 3.33. The summed E-state index contributed by atoms with van der Waals surface area (Å²) in [6, 6.07) is 0.310. The van der Waals surface area contributed by atoms with Crippen molar-refractivity contribution in [3.8, 4) is 0 Å². The monoisotopic (exact) mass is 263 g/mol. The number of nitrogens with two attached hydrogens (primary N) is 1. The van der Waals surface area contributed by atoms with E-state index in [1.54, 1.807) is 6.92 Å². The second kappa shape index (κ2) is 8.72. The van der Waals surface area contributed by atoms with E-state index in [-0.39, 0.29) is 18.3 Å². The van der Waals surface area contributed by atoms with Gasteiger partial charge in [-0.1, -0.05) is 13.3 Å². The molecule has 1 aliphatic heterocycles. The number of carbonyl (C=O) groups excluding carboxylic acids is 1. The first-order valence-electron chi connectivity index (χ1n) is 6.42. The SMILES string of the molecule is CCC1CCCCN1CCNC(=O)C(C)N.Cl. The molecule has 1 amide bonds. The second-order valence-corrected chi connectivity index (χ2v) is 4.67. The predicted octanol–water partition coefficient (Wildman–Crippen LogP) is 1.14. The van der Waals surface area contributed by atoms with Crippen LogP contribution < -0.4 is 11.1 Å². The fourth-order valence-electron chi connectivity index (χ4n) is 2.30. The van der Waals surface area contributed by atoms with Crippen molar-refractivity contribution in [1.29, 1.82) is 0 Å². The molecule has 1 aliphatic rings. The van der Waals surface area contributed by atoms with E-state index >= 15 is 0 Å². The molecule has 1 heterocycles. The van der Waals surface area contributed by atoms with Crippen LogP contribution in [0, 0.1) is 0 Å². The molecule has 102 valence electrons. The van der Waals surface area contributed by atoms with Gasteiger partial charge in [-0.25, -0.2) is 0 Å². The third kappa shape index (κ3) is 5.70. The van der Waals surface area contributed by atoms with E-state index in [1.165, 1.54) is 32.2 Å². The first-order valence-corrected chi connectivity index (χ1v) is 6.42. The van der Waals surface area contributed by atoms with Gasteiger partial charge in [0.25, 0.3) is 0 Å². The molecule has 0 bridgehead atoms. The van der Waals surface area contributed by atoms with Gasteiger partial charge in [0.05, 0.1) is 6.04 Å². The summed E-state index contributed by atoms with van der Waals surface area (Å²) in [5.41, 5.74) is 5.48. The standard InChI is InChI=1S/C12H25N3O.ClH/c1-3-11-6-4-5-8-15(11)9-7-14-12(16)10(2)13;/h10-11H,3-9,13H2,1-2H3,(H,14,16);1H. The summed E-state index contributed by atoms with van der Waals surface area (Å²) in [6.45, 7) is 6.80.